The molecule has 1 aliphatic rings. The molecule has 0 bridgehead atoms. The maximum Gasteiger partial charge on any atom is 0.239 e. The highest BCUT2D eigenvalue weighted by Gasteiger charge is 2.26. The summed E-state index contributed by atoms with van der Waals surface area (Å²) in [5, 5.41) is 2.91. The van der Waals surface area contributed by atoms with Crippen LogP contribution in [0.1, 0.15) is 25.3 Å². The molecule has 0 radical (unpaired) electrons. The molecule has 6 heteroatoms. The highest BCUT2D eigenvalue weighted by molar-refractivity contribution is 9.10. The summed E-state index contributed by atoms with van der Waals surface area (Å²) in [6.07, 6.45) is 2.15. The first-order chi connectivity index (χ1) is 10.9. The molecule has 0 aliphatic carbocycles. The lowest BCUT2D eigenvalue weighted by Crippen LogP contribution is -2.46. The van der Waals surface area contributed by atoms with Gasteiger partial charge in [0.05, 0.1) is 12.6 Å². The lowest BCUT2D eigenvalue weighted by Gasteiger charge is -2.27. The van der Waals surface area contributed by atoms with Gasteiger partial charge in [-0.25, -0.2) is 0 Å². The Labute approximate surface area is 146 Å². The molecule has 1 aliphatic heterocycles. The van der Waals surface area contributed by atoms with Gasteiger partial charge in [0.2, 0.25) is 11.8 Å². The number of halogens is 1. The summed E-state index contributed by atoms with van der Waals surface area (Å²) in [6.45, 7) is 5.67. The second kappa shape index (κ2) is 7.93. The first kappa shape index (κ1) is 17.9. The molecule has 1 atom stereocenters. The molecule has 1 N–H and O–H groups in total. The molecule has 1 heterocycles. The number of amides is 2. The molecular weight excluding hydrogens is 358 g/mol. The SMILES string of the molecule is Cc1cc(Br)ccc1NC(=O)CN(C)[C@@H](C)C(=O)N1CCCC1. The van der Waals surface area contributed by atoms with E-state index in [2.05, 4.69) is 21.2 Å². The van der Waals surface area contributed by atoms with Gasteiger partial charge in [-0.1, -0.05) is 15.9 Å². The summed E-state index contributed by atoms with van der Waals surface area (Å²) in [5.41, 5.74) is 1.79. The third kappa shape index (κ3) is 4.78. The van der Waals surface area contributed by atoms with E-state index in [0.29, 0.717) is 0 Å². The van der Waals surface area contributed by atoms with E-state index in [1.165, 1.54) is 0 Å². The van der Waals surface area contributed by atoms with Crippen molar-refractivity contribution in [3.05, 3.63) is 28.2 Å². The first-order valence-corrected chi connectivity index (χ1v) is 8.73. The number of likely N-dealkylation sites (N-methyl/N-ethyl adjacent to an activating group) is 1. The average molecular weight is 382 g/mol. The van der Waals surface area contributed by atoms with Gasteiger partial charge in [0.25, 0.3) is 0 Å². The number of hydrogen-bond donors (Lipinski definition) is 1. The molecule has 0 aromatic heterocycles. The Hall–Kier alpha value is -1.40. The van der Waals surface area contributed by atoms with Crippen LogP contribution in [0.5, 0.6) is 0 Å². The molecule has 23 heavy (non-hydrogen) atoms. The van der Waals surface area contributed by atoms with Crippen LogP contribution in [0.25, 0.3) is 0 Å². The molecule has 0 unspecified atom stereocenters. The minimum atomic E-state index is -0.287. The van der Waals surface area contributed by atoms with Crippen LogP contribution >= 0.6 is 15.9 Å². The number of hydrogen-bond acceptors (Lipinski definition) is 3. The lowest BCUT2D eigenvalue weighted by molar-refractivity contribution is -0.135. The number of anilines is 1. The highest BCUT2D eigenvalue weighted by atomic mass is 79.9. The summed E-state index contributed by atoms with van der Waals surface area (Å²) < 4.78 is 0.981. The van der Waals surface area contributed by atoms with Crippen molar-refractivity contribution in [2.24, 2.45) is 0 Å². The number of likely N-dealkylation sites (tertiary alicyclic amines) is 1. The van der Waals surface area contributed by atoms with Crippen LogP contribution in [0.2, 0.25) is 0 Å². The molecule has 1 aromatic carbocycles. The van der Waals surface area contributed by atoms with Gasteiger partial charge in [0.15, 0.2) is 0 Å². The summed E-state index contributed by atoms with van der Waals surface area (Å²) >= 11 is 3.41. The number of nitrogens with zero attached hydrogens (tertiary/aromatic N) is 2. The molecule has 2 rings (SSSR count). The summed E-state index contributed by atoms with van der Waals surface area (Å²) in [5.74, 6) is -0.00313. The van der Waals surface area contributed by atoms with Gasteiger partial charge >= 0.3 is 0 Å². The van der Waals surface area contributed by atoms with Crippen molar-refractivity contribution >= 4 is 33.4 Å². The van der Waals surface area contributed by atoms with Crippen LogP contribution in [0.15, 0.2) is 22.7 Å². The molecular formula is C17H24BrN3O2. The van der Waals surface area contributed by atoms with Crippen LogP contribution < -0.4 is 5.32 Å². The van der Waals surface area contributed by atoms with E-state index in [1.807, 2.05) is 44.0 Å². The zero-order valence-corrected chi connectivity index (χ0v) is 15.5. The van der Waals surface area contributed by atoms with E-state index in [1.54, 1.807) is 4.90 Å². The molecule has 126 valence electrons. The fourth-order valence-electron chi connectivity index (χ4n) is 2.71. The van der Waals surface area contributed by atoms with Crippen molar-refractivity contribution in [1.82, 2.24) is 9.80 Å². The van der Waals surface area contributed by atoms with E-state index >= 15 is 0 Å². The quantitative estimate of drug-likeness (QED) is 0.852. The molecule has 5 nitrogen and oxygen atoms in total. The van der Waals surface area contributed by atoms with Gasteiger partial charge in [-0.15, -0.1) is 0 Å². The molecule has 1 saturated heterocycles. The minimum Gasteiger partial charge on any atom is -0.341 e. The van der Waals surface area contributed by atoms with Gasteiger partial charge in [0, 0.05) is 23.2 Å². The third-order valence-electron chi connectivity index (χ3n) is 4.29. The highest BCUT2D eigenvalue weighted by Crippen LogP contribution is 2.20. The number of carbonyl (C=O) groups excluding carboxylic acids is 2. The van der Waals surface area contributed by atoms with E-state index in [4.69, 9.17) is 0 Å². The van der Waals surface area contributed by atoms with Crippen molar-refractivity contribution < 1.29 is 9.59 Å². The maximum atomic E-state index is 12.4. The molecule has 0 spiro atoms. The Kier molecular flexibility index (Phi) is 6.18. The zero-order chi connectivity index (χ0) is 17.0. The normalized spacial score (nSPS) is 15.8. The van der Waals surface area contributed by atoms with E-state index < -0.39 is 0 Å². The largest absolute Gasteiger partial charge is 0.341 e. The average Bonchev–Trinajstić information content (AvgIpc) is 3.02. The Morgan fingerprint density at radius 3 is 2.61 bits per heavy atom. The van der Waals surface area contributed by atoms with Crippen molar-refractivity contribution in [3.63, 3.8) is 0 Å². The summed E-state index contributed by atoms with van der Waals surface area (Å²) in [6, 6.07) is 5.44. The van der Waals surface area contributed by atoms with Crippen molar-refractivity contribution in [2.45, 2.75) is 32.7 Å². The standard InChI is InChI=1S/C17H24BrN3O2/c1-12-10-14(18)6-7-15(12)19-16(22)11-20(3)13(2)17(23)21-8-4-5-9-21/h6-7,10,13H,4-5,8-9,11H2,1-3H3,(H,19,22)/t13-/m0/s1. The Morgan fingerprint density at radius 1 is 1.35 bits per heavy atom. The monoisotopic (exact) mass is 381 g/mol. The number of nitrogens with one attached hydrogen (secondary N) is 1. The van der Waals surface area contributed by atoms with Gasteiger partial charge in [-0.2, -0.15) is 0 Å². The Bertz CT molecular complexity index is 585. The van der Waals surface area contributed by atoms with E-state index in [-0.39, 0.29) is 24.4 Å². The fraction of sp³-hybridized carbons (Fsp3) is 0.529. The van der Waals surface area contributed by atoms with Crippen molar-refractivity contribution in [1.29, 1.82) is 0 Å². The first-order valence-electron chi connectivity index (χ1n) is 7.93. The Balaban J connectivity index is 1.89. The van der Waals surface area contributed by atoms with Crippen LogP contribution in [-0.4, -0.2) is 54.3 Å². The molecule has 1 fully saturated rings. The predicted molar refractivity (Wildman–Crippen MR) is 95.4 cm³/mol. The smallest absolute Gasteiger partial charge is 0.239 e. The van der Waals surface area contributed by atoms with Gasteiger partial charge in [0.1, 0.15) is 0 Å². The van der Waals surface area contributed by atoms with Crippen LogP contribution in [0.4, 0.5) is 5.69 Å². The fourth-order valence-corrected chi connectivity index (χ4v) is 3.19. The minimum absolute atomic E-state index is 0.109. The lowest BCUT2D eigenvalue weighted by atomic mass is 10.2. The van der Waals surface area contributed by atoms with Crippen molar-refractivity contribution in [2.75, 3.05) is 32.0 Å². The van der Waals surface area contributed by atoms with E-state index in [0.717, 1.165) is 41.7 Å². The number of benzene rings is 1. The molecule has 1 aromatic rings. The van der Waals surface area contributed by atoms with E-state index in [9.17, 15) is 9.59 Å². The van der Waals surface area contributed by atoms with Gasteiger partial charge < -0.3 is 10.2 Å². The predicted octanol–water partition coefficient (Wildman–Crippen LogP) is 2.64. The molecule has 2 amide bonds. The van der Waals surface area contributed by atoms with Crippen LogP contribution in [0.3, 0.4) is 0 Å². The van der Waals surface area contributed by atoms with Gasteiger partial charge in [-0.05, 0) is 57.5 Å². The second-order valence-electron chi connectivity index (χ2n) is 6.13. The number of aryl methyl sites for hydroxylation is 1. The zero-order valence-electron chi connectivity index (χ0n) is 13.9. The summed E-state index contributed by atoms with van der Waals surface area (Å²) in [4.78, 5) is 28.3. The Morgan fingerprint density at radius 2 is 2.00 bits per heavy atom. The molecule has 0 saturated carbocycles. The van der Waals surface area contributed by atoms with Crippen LogP contribution in [-0.2, 0) is 9.59 Å². The number of rotatable bonds is 5. The number of carbonyl (C=O) groups is 2. The maximum absolute atomic E-state index is 12.4. The third-order valence-corrected chi connectivity index (χ3v) is 4.79. The second-order valence-corrected chi connectivity index (χ2v) is 7.05. The topological polar surface area (TPSA) is 52.7 Å². The van der Waals surface area contributed by atoms with Crippen LogP contribution in [0, 0.1) is 6.92 Å². The van der Waals surface area contributed by atoms with Crippen molar-refractivity contribution in [3.8, 4) is 0 Å². The summed E-state index contributed by atoms with van der Waals surface area (Å²) in [7, 11) is 1.81. The van der Waals surface area contributed by atoms with Gasteiger partial charge in [-0.3, -0.25) is 14.5 Å².